The van der Waals surface area contributed by atoms with Gasteiger partial charge in [0.25, 0.3) is 0 Å². The maximum atomic E-state index is 12.9. The Labute approximate surface area is 508 Å². The lowest BCUT2D eigenvalue weighted by Gasteiger charge is -2.18. The van der Waals surface area contributed by atoms with Crippen LogP contribution in [0.1, 0.15) is 348 Å². The van der Waals surface area contributed by atoms with Crippen LogP contribution in [0.3, 0.4) is 0 Å². The van der Waals surface area contributed by atoms with Crippen LogP contribution >= 0.6 is 0 Å². The molecule has 0 aromatic heterocycles. The molecule has 0 bridgehead atoms. The Hall–Kier alpha value is -3.67. The van der Waals surface area contributed by atoms with Crippen molar-refractivity contribution >= 4 is 17.9 Å². The number of carbonyl (C=O) groups is 3. The first-order valence-electron chi connectivity index (χ1n) is 35.2. The van der Waals surface area contributed by atoms with Gasteiger partial charge in [-0.1, -0.05) is 323 Å². The van der Waals surface area contributed by atoms with Crippen LogP contribution in [0, 0.1) is 0 Å². The lowest BCUT2D eigenvalue weighted by molar-refractivity contribution is -0.167. The summed E-state index contributed by atoms with van der Waals surface area (Å²) in [6, 6.07) is 0. The Morgan fingerprint density at radius 3 is 0.744 bits per heavy atom. The van der Waals surface area contributed by atoms with E-state index >= 15 is 0 Å². The smallest absolute Gasteiger partial charge is 0.306 e. The van der Waals surface area contributed by atoms with Crippen LogP contribution in [0.4, 0.5) is 0 Å². The van der Waals surface area contributed by atoms with E-state index < -0.39 is 6.10 Å². The molecule has 472 valence electrons. The monoisotopic (exact) mass is 1140 g/mol. The molecule has 0 aliphatic carbocycles. The van der Waals surface area contributed by atoms with E-state index in [1.54, 1.807) is 0 Å². The number of carbonyl (C=O) groups excluding carboxylic acids is 3. The molecule has 0 spiro atoms. The van der Waals surface area contributed by atoms with Crippen LogP contribution < -0.4 is 0 Å². The van der Waals surface area contributed by atoms with E-state index in [0.29, 0.717) is 19.3 Å². The molecule has 0 rings (SSSR count). The minimum Gasteiger partial charge on any atom is -0.462 e. The van der Waals surface area contributed by atoms with Crippen LogP contribution in [0.2, 0.25) is 0 Å². The number of unbranched alkanes of at least 4 members (excludes halogenated alkanes) is 37. The van der Waals surface area contributed by atoms with Gasteiger partial charge >= 0.3 is 17.9 Å². The molecule has 0 fully saturated rings. The van der Waals surface area contributed by atoms with Gasteiger partial charge < -0.3 is 14.2 Å². The maximum Gasteiger partial charge on any atom is 0.306 e. The fourth-order valence-electron chi connectivity index (χ4n) is 10.1. The highest BCUT2D eigenvalue weighted by molar-refractivity contribution is 5.71. The second-order valence-electron chi connectivity index (χ2n) is 23.4. The molecule has 0 N–H and O–H groups in total. The van der Waals surface area contributed by atoms with Crippen LogP contribution in [-0.2, 0) is 28.6 Å². The van der Waals surface area contributed by atoms with Crippen molar-refractivity contribution in [2.45, 2.75) is 354 Å². The number of hydrogen-bond acceptors (Lipinski definition) is 6. The highest BCUT2D eigenvalue weighted by atomic mass is 16.6. The highest BCUT2D eigenvalue weighted by Crippen LogP contribution is 2.17. The number of rotatable bonds is 64. The van der Waals surface area contributed by atoms with Gasteiger partial charge in [0.2, 0.25) is 0 Å². The molecule has 0 aliphatic heterocycles. The summed E-state index contributed by atoms with van der Waals surface area (Å²) in [4.78, 5) is 38.1. The molecule has 1 unspecified atom stereocenters. The normalized spacial score (nSPS) is 12.7. The van der Waals surface area contributed by atoms with Crippen molar-refractivity contribution in [3.05, 3.63) is 97.2 Å². The van der Waals surface area contributed by atoms with Gasteiger partial charge in [0, 0.05) is 19.3 Å². The van der Waals surface area contributed by atoms with E-state index in [-0.39, 0.29) is 31.1 Å². The highest BCUT2D eigenvalue weighted by Gasteiger charge is 2.19. The Balaban J connectivity index is 4.01. The summed E-state index contributed by atoms with van der Waals surface area (Å²) in [5.41, 5.74) is 0. The second kappa shape index (κ2) is 69.8. The molecular weight excluding hydrogens is 1010 g/mol. The van der Waals surface area contributed by atoms with Crippen molar-refractivity contribution in [1.29, 1.82) is 0 Å². The van der Waals surface area contributed by atoms with E-state index in [9.17, 15) is 14.4 Å². The fraction of sp³-hybridized carbons (Fsp3) is 0.750. The molecule has 0 saturated carbocycles. The van der Waals surface area contributed by atoms with Gasteiger partial charge in [0.1, 0.15) is 13.2 Å². The van der Waals surface area contributed by atoms with Crippen molar-refractivity contribution < 1.29 is 28.6 Å². The largest absolute Gasteiger partial charge is 0.462 e. The van der Waals surface area contributed by atoms with Crippen LogP contribution in [-0.4, -0.2) is 37.2 Å². The van der Waals surface area contributed by atoms with Crippen LogP contribution in [0.25, 0.3) is 0 Å². The predicted molar refractivity (Wildman–Crippen MR) is 357 cm³/mol. The van der Waals surface area contributed by atoms with Crippen molar-refractivity contribution in [3.8, 4) is 0 Å². The van der Waals surface area contributed by atoms with Gasteiger partial charge in [-0.2, -0.15) is 0 Å². The van der Waals surface area contributed by atoms with E-state index in [0.717, 1.165) is 109 Å². The lowest BCUT2D eigenvalue weighted by atomic mass is 10.0. The Morgan fingerprint density at radius 2 is 0.476 bits per heavy atom. The minimum absolute atomic E-state index is 0.0766. The summed E-state index contributed by atoms with van der Waals surface area (Å²) >= 11 is 0. The third-order valence-corrected chi connectivity index (χ3v) is 15.3. The molecule has 0 saturated heterocycles. The average molecular weight is 1140 g/mol. The number of hydrogen-bond donors (Lipinski definition) is 0. The molecule has 0 radical (unpaired) electrons. The molecule has 82 heavy (non-hydrogen) atoms. The molecule has 0 amide bonds. The fourth-order valence-corrected chi connectivity index (χ4v) is 10.1. The number of allylic oxidation sites excluding steroid dienone is 16. The van der Waals surface area contributed by atoms with Gasteiger partial charge in [-0.25, -0.2) is 0 Å². The average Bonchev–Trinajstić information content (AvgIpc) is 3.47. The summed E-state index contributed by atoms with van der Waals surface area (Å²) < 4.78 is 16.8. The first-order valence-corrected chi connectivity index (χ1v) is 35.2. The topological polar surface area (TPSA) is 78.9 Å². The van der Waals surface area contributed by atoms with Gasteiger partial charge in [0.05, 0.1) is 0 Å². The van der Waals surface area contributed by atoms with Gasteiger partial charge in [-0.05, 0) is 103 Å². The minimum atomic E-state index is -0.778. The summed E-state index contributed by atoms with van der Waals surface area (Å²) in [5.74, 6) is -0.879. The van der Waals surface area contributed by atoms with Gasteiger partial charge in [-0.15, -0.1) is 0 Å². The first kappa shape index (κ1) is 78.3. The molecule has 0 aromatic carbocycles. The zero-order chi connectivity index (χ0) is 59.2. The van der Waals surface area contributed by atoms with Crippen LogP contribution in [0.5, 0.6) is 0 Å². The number of esters is 3. The van der Waals surface area contributed by atoms with Gasteiger partial charge in [-0.3, -0.25) is 14.4 Å². The molecular formula is C76H132O6. The van der Waals surface area contributed by atoms with Crippen molar-refractivity contribution in [3.63, 3.8) is 0 Å². The SMILES string of the molecule is CC/C=C\C/C=C\C/C=C\C/C=C\C/C=C\CCCCCCCCCCCC(=O)OC(COC(=O)CCCCCCCC)COC(=O)CCCCCCCCCCCCCCCCCCCC/C=C\C/C=C\C/C=C\CCCCCCC. The molecule has 6 heteroatoms. The summed E-state index contributed by atoms with van der Waals surface area (Å²) in [7, 11) is 0. The molecule has 1 atom stereocenters. The van der Waals surface area contributed by atoms with E-state index in [1.165, 1.54) is 199 Å². The summed E-state index contributed by atoms with van der Waals surface area (Å²) in [6.45, 7) is 6.48. The zero-order valence-corrected chi connectivity index (χ0v) is 54.2. The van der Waals surface area contributed by atoms with Gasteiger partial charge in [0.15, 0.2) is 6.10 Å². The lowest BCUT2D eigenvalue weighted by Crippen LogP contribution is -2.30. The Bertz CT molecular complexity index is 1590. The van der Waals surface area contributed by atoms with E-state index in [4.69, 9.17) is 14.2 Å². The van der Waals surface area contributed by atoms with Crippen molar-refractivity contribution in [1.82, 2.24) is 0 Å². The third-order valence-electron chi connectivity index (χ3n) is 15.3. The predicted octanol–water partition coefficient (Wildman–Crippen LogP) is 24.4. The molecule has 0 aromatic rings. The second-order valence-corrected chi connectivity index (χ2v) is 23.4. The van der Waals surface area contributed by atoms with Crippen molar-refractivity contribution in [2.24, 2.45) is 0 Å². The summed E-state index contributed by atoms with van der Waals surface area (Å²) in [6.07, 6.45) is 94.8. The maximum absolute atomic E-state index is 12.9. The molecule has 0 aliphatic rings. The van der Waals surface area contributed by atoms with E-state index in [2.05, 4.69) is 118 Å². The zero-order valence-electron chi connectivity index (χ0n) is 54.2. The Morgan fingerprint density at radius 1 is 0.256 bits per heavy atom. The number of ether oxygens (including phenoxy) is 3. The molecule has 0 heterocycles. The third kappa shape index (κ3) is 67.1. The summed E-state index contributed by atoms with van der Waals surface area (Å²) in [5, 5.41) is 0. The first-order chi connectivity index (χ1) is 40.5. The van der Waals surface area contributed by atoms with Crippen LogP contribution in [0.15, 0.2) is 97.2 Å². The quantitative estimate of drug-likeness (QED) is 0.0261. The molecule has 6 nitrogen and oxygen atoms in total. The standard InChI is InChI=1S/C76H132O6/c1-4-7-10-13-16-18-20-22-24-26-28-30-32-34-35-36-37-38-39-40-41-43-44-46-48-50-52-54-56-58-60-63-66-69-75(78)81-72-73(71-80-74(77)68-65-62-15-12-9-6-3)82-76(79)70-67-64-61-59-57-55-53-51-49-47-45-42-33-31-29-27-25-23-21-19-17-14-11-8-5-2/h8,11,17,19-20,22-23,25-26,28-29,31-32,34,42,45,73H,4-7,9-10,12-16,18,21,24,27,30,33,35-41,43-44,46-72H2,1-3H3/b11-8-,19-17-,22-20-,25-23-,28-26-,31-29-,34-32-,45-42-. The Kier molecular flexibility index (Phi) is 66.7. The van der Waals surface area contributed by atoms with E-state index in [1.807, 2.05) is 0 Å². The van der Waals surface area contributed by atoms with Crippen molar-refractivity contribution in [2.75, 3.05) is 13.2 Å².